The first-order valence-corrected chi connectivity index (χ1v) is 5.73. The van der Waals surface area contributed by atoms with E-state index in [9.17, 15) is 9.59 Å². The zero-order valence-electron chi connectivity index (χ0n) is 11.1. The van der Waals surface area contributed by atoms with Gasteiger partial charge in [-0.15, -0.1) is 0 Å². The van der Waals surface area contributed by atoms with Crippen molar-refractivity contribution in [1.82, 2.24) is 15.1 Å². The third kappa shape index (κ3) is 4.20. The quantitative estimate of drug-likeness (QED) is 0.815. The smallest absolute Gasteiger partial charge is 0.305 e. The number of carbonyl (C=O) groups is 2. The second kappa shape index (κ2) is 5.20. The number of nitrogens with one attached hydrogen (secondary N) is 1. The van der Waals surface area contributed by atoms with Gasteiger partial charge in [0.05, 0.1) is 12.1 Å². The summed E-state index contributed by atoms with van der Waals surface area (Å²) >= 11 is 0. The first-order valence-electron chi connectivity index (χ1n) is 5.73. The van der Waals surface area contributed by atoms with Gasteiger partial charge in [-0.1, -0.05) is 0 Å². The number of aliphatic carboxylic acids is 1. The Morgan fingerprint density at radius 3 is 2.50 bits per heavy atom. The van der Waals surface area contributed by atoms with Gasteiger partial charge < -0.3 is 10.4 Å². The average molecular weight is 253 g/mol. The van der Waals surface area contributed by atoms with Gasteiger partial charge >= 0.3 is 5.97 Å². The summed E-state index contributed by atoms with van der Waals surface area (Å²) in [5.41, 5.74) is 0.989. The van der Waals surface area contributed by atoms with E-state index in [0.717, 1.165) is 11.4 Å². The van der Waals surface area contributed by atoms with Gasteiger partial charge in [0.15, 0.2) is 0 Å². The van der Waals surface area contributed by atoms with Crippen LogP contribution in [0, 0.1) is 13.8 Å². The number of hydrogen-bond donors (Lipinski definition) is 2. The van der Waals surface area contributed by atoms with E-state index in [-0.39, 0.29) is 18.9 Å². The number of carboxylic acid groups (broad SMARTS) is 1. The molecule has 0 bridgehead atoms. The Morgan fingerprint density at radius 2 is 2.06 bits per heavy atom. The fraction of sp³-hybridized carbons (Fsp3) is 0.583. The van der Waals surface area contributed by atoms with Gasteiger partial charge in [0.25, 0.3) is 0 Å². The van der Waals surface area contributed by atoms with Gasteiger partial charge in [-0.25, -0.2) is 0 Å². The Kier molecular flexibility index (Phi) is 4.11. The van der Waals surface area contributed by atoms with Crippen molar-refractivity contribution in [3.63, 3.8) is 0 Å². The lowest BCUT2D eigenvalue weighted by Gasteiger charge is -2.24. The molecule has 0 saturated carbocycles. The monoisotopic (exact) mass is 253 g/mol. The Hall–Kier alpha value is -1.85. The van der Waals surface area contributed by atoms with E-state index in [4.69, 9.17) is 5.11 Å². The second-order valence-electron chi connectivity index (χ2n) is 5.09. The SMILES string of the molecule is Cc1cc(C)n(CC(=O)NC(C)(C)CC(=O)O)n1. The van der Waals surface area contributed by atoms with Crippen LogP contribution in [-0.2, 0) is 16.1 Å². The molecular weight excluding hydrogens is 234 g/mol. The summed E-state index contributed by atoms with van der Waals surface area (Å²) in [6.45, 7) is 7.19. The lowest BCUT2D eigenvalue weighted by atomic mass is 10.0. The number of nitrogens with zero attached hydrogens (tertiary/aromatic N) is 2. The molecule has 18 heavy (non-hydrogen) atoms. The van der Waals surface area contributed by atoms with Crippen molar-refractivity contribution in [2.75, 3.05) is 0 Å². The number of aryl methyl sites for hydroxylation is 2. The van der Waals surface area contributed by atoms with Crippen LogP contribution in [0.25, 0.3) is 0 Å². The molecule has 0 spiro atoms. The molecule has 1 amide bonds. The first-order chi connectivity index (χ1) is 8.19. The summed E-state index contributed by atoms with van der Waals surface area (Å²) in [6, 6.07) is 1.88. The molecule has 100 valence electrons. The highest BCUT2D eigenvalue weighted by atomic mass is 16.4. The maximum atomic E-state index is 11.8. The van der Waals surface area contributed by atoms with E-state index >= 15 is 0 Å². The van der Waals surface area contributed by atoms with Crippen LogP contribution in [0.5, 0.6) is 0 Å². The molecule has 2 N–H and O–H groups in total. The van der Waals surface area contributed by atoms with E-state index in [2.05, 4.69) is 10.4 Å². The first kappa shape index (κ1) is 14.2. The molecule has 1 rings (SSSR count). The molecule has 1 aromatic heterocycles. The van der Waals surface area contributed by atoms with Crippen LogP contribution in [0.4, 0.5) is 0 Å². The van der Waals surface area contributed by atoms with Crippen molar-refractivity contribution in [3.05, 3.63) is 17.5 Å². The number of aromatic nitrogens is 2. The Balaban J connectivity index is 2.62. The molecule has 0 atom stereocenters. The largest absolute Gasteiger partial charge is 0.481 e. The lowest BCUT2D eigenvalue weighted by Crippen LogP contribution is -2.46. The molecule has 6 heteroatoms. The molecule has 0 aliphatic rings. The summed E-state index contributed by atoms with van der Waals surface area (Å²) in [4.78, 5) is 22.4. The molecule has 1 heterocycles. The lowest BCUT2D eigenvalue weighted by molar-refractivity contribution is -0.138. The van der Waals surface area contributed by atoms with Gasteiger partial charge in [0.2, 0.25) is 5.91 Å². The third-order valence-corrected chi connectivity index (χ3v) is 2.47. The zero-order valence-corrected chi connectivity index (χ0v) is 11.1. The van der Waals surface area contributed by atoms with Crippen LogP contribution in [0.3, 0.4) is 0 Å². The van der Waals surface area contributed by atoms with E-state index in [1.807, 2.05) is 19.9 Å². The molecule has 0 aromatic carbocycles. The molecular formula is C12H19N3O3. The molecule has 1 aromatic rings. The molecule has 0 unspecified atom stereocenters. The van der Waals surface area contributed by atoms with E-state index in [1.54, 1.807) is 18.5 Å². The molecule has 0 saturated heterocycles. The van der Waals surface area contributed by atoms with Gasteiger partial charge in [0.1, 0.15) is 6.54 Å². The van der Waals surface area contributed by atoms with Crippen LogP contribution in [-0.4, -0.2) is 32.3 Å². The molecule has 0 aliphatic heterocycles. The topological polar surface area (TPSA) is 84.2 Å². The summed E-state index contributed by atoms with van der Waals surface area (Å²) in [5, 5.41) is 15.6. The Morgan fingerprint density at radius 1 is 1.44 bits per heavy atom. The summed E-state index contributed by atoms with van der Waals surface area (Å²) in [5.74, 6) is -1.18. The fourth-order valence-corrected chi connectivity index (χ4v) is 1.81. The summed E-state index contributed by atoms with van der Waals surface area (Å²) < 4.78 is 1.60. The number of rotatable bonds is 5. The standard InChI is InChI=1S/C12H19N3O3/c1-8-5-9(2)15(14-8)7-10(16)13-12(3,4)6-11(17)18/h5H,6-7H2,1-4H3,(H,13,16)(H,17,18). The predicted octanol–water partition coefficient (Wildman–Crippen LogP) is 0.869. The number of amides is 1. The number of carboxylic acids is 1. The normalized spacial score (nSPS) is 11.3. The fourth-order valence-electron chi connectivity index (χ4n) is 1.81. The highest BCUT2D eigenvalue weighted by Gasteiger charge is 2.24. The summed E-state index contributed by atoms with van der Waals surface area (Å²) in [7, 11) is 0. The Labute approximate surface area is 106 Å². The summed E-state index contributed by atoms with van der Waals surface area (Å²) in [6.07, 6.45) is -0.115. The van der Waals surface area contributed by atoms with Crippen molar-refractivity contribution in [2.45, 2.75) is 46.2 Å². The van der Waals surface area contributed by atoms with E-state index in [1.165, 1.54) is 0 Å². The van der Waals surface area contributed by atoms with Gasteiger partial charge in [-0.05, 0) is 33.8 Å². The van der Waals surface area contributed by atoms with Crippen molar-refractivity contribution in [2.24, 2.45) is 0 Å². The molecule has 0 fully saturated rings. The molecule has 6 nitrogen and oxygen atoms in total. The minimum atomic E-state index is -0.939. The van der Waals surface area contributed by atoms with Crippen molar-refractivity contribution >= 4 is 11.9 Å². The second-order valence-corrected chi connectivity index (χ2v) is 5.09. The van der Waals surface area contributed by atoms with Crippen LogP contribution < -0.4 is 5.32 Å². The van der Waals surface area contributed by atoms with E-state index < -0.39 is 11.5 Å². The third-order valence-electron chi connectivity index (χ3n) is 2.47. The minimum Gasteiger partial charge on any atom is -0.481 e. The minimum absolute atomic E-state index is 0.0999. The maximum Gasteiger partial charge on any atom is 0.305 e. The van der Waals surface area contributed by atoms with Crippen LogP contribution in [0.15, 0.2) is 6.07 Å². The van der Waals surface area contributed by atoms with Crippen LogP contribution in [0.2, 0.25) is 0 Å². The van der Waals surface area contributed by atoms with Gasteiger partial charge in [-0.2, -0.15) is 5.10 Å². The number of hydrogen-bond acceptors (Lipinski definition) is 3. The van der Waals surface area contributed by atoms with Gasteiger partial charge in [-0.3, -0.25) is 14.3 Å². The number of carbonyl (C=O) groups excluding carboxylic acids is 1. The Bertz CT molecular complexity index is 463. The zero-order chi connectivity index (χ0) is 13.9. The molecule has 0 aliphatic carbocycles. The van der Waals surface area contributed by atoms with E-state index in [0.29, 0.717) is 0 Å². The predicted molar refractivity (Wildman–Crippen MR) is 66.2 cm³/mol. The van der Waals surface area contributed by atoms with Gasteiger partial charge in [0, 0.05) is 11.2 Å². The highest BCUT2D eigenvalue weighted by Crippen LogP contribution is 2.08. The van der Waals surface area contributed by atoms with Crippen LogP contribution >= 0.6 is 0 Å². The van der Waals surface area contributed by atoms with Crippen molar-refractivity contribution < 1.29 is 14.7 Å². The van der Waals surface area contributed by atoms with Crippen molar-refractivity contribution in [1.29, 1.82) is 0 Å². The maximum absolute atomic E-state index is 11.8. The average Bonchev–Trinajstić information content (AvgIpc) is 2.40. The van der Waals surface area contributed by atoms with Crippen molar-refractivity contribution in [3.8, 4) is 0 Å². The van der Waals surface area contributed by atoms with Crippen LogP contribution in [0.1, 0.15) is 31.7 Å². The molecule has 0 radical (unpaired) electrons. The highest BCUT2D eigenvalue weighted by molar-refractivity contribution is 5.78.